The molecule has 3 aromatic rings. The minimum atomic E-state index is -0.405. The summed E-state index contributed by atoms with van der Waals surface area (Å²) >= 11 is 3.50. The van der Waals surface area contributed by atoms with E-state index in [1.54, 1.807) is 18.2 Å². The lowest BCUT2D eigenvalue weighted by Gasteiger charge is -2.10. The van der Waals surface area contributed by atoms with E-state index in [0.29, 0.717) is 17.9 Å². The van der Waals surface area contributed by atoms with Gasteiger partial charge < -0.3 is 14.2 Å². The smallest absolute Gasteiger partial charge is 0.343 e. The molecule has 0 heterocycles. The molecule has 0 spiro atoms. The summed E-state index contributed by atoms with van der Waals surface area (Å²) in [4.78, 5) is 12.6. The van der Waals surface area contributed by atoms with Crippen molar-refractivity contribution >= 4 is 21.9 Å². The van der Waals surface area contributed by atoms with Gasteiger partial charge in [0.2, 0.25) is 0 Å². The Morgan fingerprint density at radius 3 is 1.84 bits per heavy atom. The number of ether oxygens (including phenoxy) is 3. The number of carbonyl (C=O) groups excluding carboxylic acids is 1. The summed E-state index contributed by atoms with van der Waals surface area (Å²) in [6, 6.07) is 20.9. The molecule has 0 bridgehead atoms. The topological polar surface area (TPSA) is 44.8 Å². The summed E-state index contributed by atoms with van der Waals surface area (Å²) in [6.07, 6.45) is 10.8. The summed E-state index contributed by atoms with van der Waals surface area (Å²) in [6.45, 7) is 5.82. The molecule has 198 valence electrons. The molecule has 0 aromatic heterocycles. The zero-order valence-corrected chi connectivity index (χ0v) is 23.7. The molecule has 5 heteroatoms. The predicted octanol–water partition coefficient (Wildman–Crippen LogP) is 9.64. The van der Waals surface area contributed by atoms with E-state index in [1.165, 1.54) is 32.1 Å². The van der Waals surface area contributed by atoms with Gasteiger partial charge >= 0.3 is 5.97 Å². The molecule has 0 saturated heterocycles. The molecule has 0 fully saturated rings. The first-order valence-electron chi connectivity index (χ1n) is 13.6. The van der Waals surface area contributed by atoms with Gasteiger partial charge in [-0.2, -0.15) is 0 Å². The van der Waals surface area contributed by atoms with Gasteiger partial charge in [0.05, 0.1) is 23.2 Å². The van der Waals surface area contributed by atoms with Crippen LogP contribution in [0.2, 0.25) is 0 Å². The van der Waals surface area contributed by atoms with E-state index in [2.05, 4.69) is 41.9 Å². The molecule has 37 heavy (non-hydrogen) atoms. The highest BCUT2D eigenvalue weighted by Gasteiger charge is 2.12. The molecule has 4 nitrogen and oxygen atoms in total. The number of hydrogen-bond acceptors (Lipinski definition) is 4. The highest BCUT2D eigenvalue weighted by molar-refractivity contribution is 9.10. The van der Waals surface area contributed by atoms with Crippen molar-refractivity contribution in [1.82, 2.24) is 0 Å². The Bertz CT molecular complexity index is 1080. The number of esters is 1. The molecule has 0 radical (unpaired) electrons. The monoisotopic (exact) mass is 566 g/mol. The second-order valence-corrected chi connectivity index (χ2v) is 10.1. The van der Waals surface area contributed by atoms with Crippen LogP contribution in [0.1, 0.15) is 82.0 Å². The summed E-state index contributed by atoms with van der Waals surface area (Å²) < 4.78 is 18.0. The van der Waals surface area contributed by atoms with Crippen molar-refractivity contribution in [2.24, 2.45) is 0 Å². The standard InChI is InChI=1S/C32H39BrO4/c1-3-5-7-8-9-11-22-35-28-17-12-25(13-18-28)26-14-19-29(20-15-26)37-32(34)27-16-21-31(30(33)24-27)36-23-10-6-4-2/h12-21,24H,3-11,22-23H2,1-2H3. The lowest BCUT2D eigenvalue weighted by Crippen LogP contribution is -2.08. The number of hydrogen-bond donors (Lipinski definition) is 0. The van der Waals surface area contributed by atoms with Crippen molar-refractivity contribution < 1.29 is 19.0 Å². The minimum absolute atomic E-state index is 0.405. The Balaban J connectivity index is 1.47. The largest absolute Gasteiger partial charge is 0.494 e. The van der Waals surface area contributed by atoms with Crippen LogP contribution >= 0.6 is 15.9 Å². The molecular formula is C32H39BrO4. The van der Waals surface area contributed by atoms with Gasteiger partial charge in [0.25, 0.3) is 0 Å². The lowest BCUT2D eigenvalue weighted by molar-refractivity contribution is 0.0734. The third-order valence-corrected chi connectivity index (χ3v) is 6.81. The lowest BCUT2D eigenvalue weighted by atomic mass is 10.1. The van der Waals surface area contributed by atoms with E-state index in [0.717, 1.165) is 59.4 Å². The molecule has 0 N–H and O–H groups in total. The van der Waals surface area contributed by atoms with Gasteiger partial charge in [-0.15, -0.1) is 0 Å². The number of unbranched alkanes of at least 4 members (excludes halogenated alkanes) is 7. The fourth-order valence-electron chi connectivity index (χ4n) is 3.98. The van der Waals surface area contributed by atoms with Crippen LogP contribution in [0.25, 0.3) is 11.1 Å². The Labute approximate surface area is 230 Å². The van der Waals surface area contributed by atoms with Crippen molar-refractivity contribution in [3.8, 4) is 28.4 Å². The minimum Gasteiger partial charge on any atom is -0.494 e. The average Bonchev–Trinajstić information content (AvgIpc) is 2.92. The van der Waals surface area contributed by atoms with E-state index in [-0.39, 0.29) is 0 Å². The summed E-state index contributed by atoms with van der Waals surface area (Å²) in [5, 5.41) is 0. The van der Waals surface area contributed by atoms with Crippen molar-refractivity contribution in [3.05, 3.63) is 76.8 Å². The molecule has 0 aliphatic carbocycles. The Morgan fingerprint density at radius 1 is 0.649 bits per heavy atom. The van der Waals surface area contributed by atoms with Crippen LogP contribution in [0.15, 0.2) is 71.2 Å². The van der Waals surface area contributed by atoms with Crippen molar-refractivity contribution in [3.63, 3.8) is 0 Å². The zero-order chi connectivity index (χ0) is 26.3. The fraction of sp³-hybridized carbons (Fsp3) is 0.406. The third kappa shape index (κ3) is 9.88. The maximum absolute atomic E-state index is 12.6. The van der Waals surface area contributed by atoms with Gasteiger partial charge in [0.15, 0.2) is 0 Å². The highest BCUT2D eigenvalue weighted by Crippen LogP contribution is 2.28. The Kier molecular flexibility index (Phi) is 12.5. The van der Waals surface area contributed by atoms with Crippen LogP contribution < -0.4 is 14.2 Å². The SMILES string of the molecule is CCCCCCCCOc1ccc(-c2ccc(OC(=O)c3ccc(OCCCCC)c(Br)c3)cc2)cc1. The number of carbonyl (C=O) groups is 1. The van der Waals surface area contributed by atoms with E-state index in [1.807, 2.05) is 36.4 Å². The first kappa shape index (κ1) is 28.8. The Hall–Kier alpha value is -2.79. The molecule has 3 rings (SSSR count). The molecule has 0 amide bonds. The zero-order valence-electron chi connectivity index (χ0n) is 22.1. The van der Waals surface area contributed by atoms with Crippen LogP contribution in [0.4, 0.5) is 0 Å². The normalized spacial score (nSPS) is 10.8. The van der Waals surface area contributed by atoms with Crippen LogP contribution in [-0.4, -0.2) is 19.2 Å². The molecule has 0 aliphatic rings. The van der Waals surface area contributed by atoms with Gasteiger partial charge in [0.1, 0.15) is 17.2 Å². The predicted molar refractivity (Wildman–Crippen MR) is 155 cm³/mol. The van der Waals surface area contributed by atoms with E-state index >= 15 is 0 Å². The number of benzene rings is 3. The summed E-state index contributed by atoms with van der Waals surface area (Å²) in [5.41, 5.74) is 2.60. The van der Waals surface area contributed by atoms with Gasteiger partial charge in [-0.1, -0.05) is 83.1 Å². The van der Waals surface area contributed by atoms with E-state index < -0.39 is 5.97 Å². The summed E-state index contributed by atoms with van der Waals surface area (Å²) in [7, 11) is 0. The summed E-state index contributed by atoms with van der Waals surface area (Å²) in [5.74, 6) is 1.73. The third-order valence-electron chi connectivity index (χ3n) is 6.19. The molecule has 0 unspecified atom stereocenters. The number of rotatable bonds is 16. The van der Waals surface area contributed by atoms with E-state index in [4.69, 9.17) is 14.2 Å². The molecule has 3 aromatic carbocycles. The molecular weight excluding hydrogens is 528 g/mol. The average molecular weight is 568 g/mol. The molecule has 0 aliphatic heterocycles. The van der Waals surface area contributed by atoms with Gasteiger partial charge in [0, 0.05) is 0 Å². The van der Waals surface area contributed by atoms with Crippen LogP contribution in [-0.2, 0) is 0 Å². The first-order chi connectivity index (χ1) is 18.1. The fourth-order valence-corrected chi connectivity index (χ4v) is 4.47. The van der Waals surface area contributed by atoms with Gasteiger partial charge in [-0.25, -0.2) is 4.79 Å². The van der Waals surface area contributed by atoms with Gasteiger partial charge in [-0.3, -0.25) is 0 Å². The second kappa shape index (κ2) is 16.1. The first-order valence-corrected chi connectivity index (χ1v) is 14.4. The quantitative estimate of drug-likeness (QED) is 0.0982. The molecule has 0 atom stereocenters. The maximum atomic E-state index is 12.6. The highest BCUT2D eigenvalue weighted by atomic mass is 79.9. The van der Waals surface area contributed by atoms with Crippen molar-refractivity contribution in [2.45, 2.75) is 71.6 Å². The molecule has 0 saturated carbocycles. The van der Waals surface area contributed by atoms with Gasteiger partial charge in [-0.05, 0) is 82.4 Å². The maximum Gasteiger partial charge on any atom is 0.343 e. The van der Waals surface area contributed by atoms with Crippen LogP contribution in [0, 0.1) is 0 Å². The number of halogens is 1. The van der Waals surface area contributed by atoms with Crippen LogP contribution in [0.5, 0.6) is 17.2 Å². The Morgan fingerprint density at radius 2 is 1.19 bits per heavy atom. The second-order valence-electron chi connectivity index (χ2n) is 9.26. The van der Waals surface area contributed by atoms with E-state index in [9.17, 15) is 4.79 Å². The van der Waals surface area contributed by atoms with Crippen LogP contribution in [0.3, 0.4) is 0 Å². The van der Waals surface area contributed by atoms with Crippen molar-refractivity contribution in [2.75, 3.05) is 13.2 Å². The van der Waals surface area contributed by atoms with Crippen molar-refractivity contribution in [1.29, 1.82) is 0 Å².